The smallest absolute Gasteiger partial charge is 0.0930 e. The SMILES string of the molecule is COCCc1cccc(CON)c1. The summed E-state index contributed by atoms with van der Waals surface area (Å²) >= 11 is 0. The zero-order valence-corrected chi connectivity index (χ0v) is 7.82. The van der Waals surface area contributed by atoms with E-state index in [4.69, 9.17) is 10.6 Å². The second-order valence-electron chi connectivity index (χ2n) is 2.87. The van der Waals surface area contributed by atoms with Crippen LogP contribution in [0.25, 0.3) is 0 Å². The molecular formula is C10H15NO2. The molecule has 13 heavy (non-hydrogen) atoms. The molecule has 1 rings (SSSR count). The molecule has 72 valence electrons. The van der Waals surface area contributed by atoms with Gasteiger partial charge >= 0.3 is 0 Å². The molecule has 0 unspecified atom stereocenters. The molecule has 0 radical (unpaired) electrons. The molecule has 0 aliphatic heterocycles. The lowest BCUT2D eigenvalue weighted by Crippen LogP contribution is -2.00. The summed E-state index contributed by atoms with van der Waals surface area (Å²) in [6.45, 7) is 1.20. The number of methoxy groups -OCH3 is 1. The van der Waals surface area contributed by atoms with Gasteiger partial charge < -0.3 is 4.74 Å². The van der Waals surface area contributed by atoms with E-state index in [-0.39, 0.29) is 0 Å². The molecule has 0 saturated carbocycles. The third-order valence-corrected chi connectivity index (χ3v) is 1.84. The van der Waals surface area contributed by atoms with Crippen LogP contribution in [0, 0.1) is 0 Å². The topological polar surface area (TPSA) is 44.5 Å². The fourth-order valence-corrected chi connectivity index (χ4v) is 1.19. The summed E-state index contributed by atoms with van der Waals surface area (Å²) in [5.41, 5.74) is 2.34. The van der Waals surface area contributed by atoms with Gasteiger partial charge in [-0.25, -0.2) is 5.90 Å². The Morgan fingerprint density at radius 2 is 2.08 bits per heavy atom. The minimum Gasteiger partial charge on any atom is -0.384 e. The lowest BCUT2D eigenvalue weighted by Gasteiger charge is -2.03. The van der Waals surface area contributed by atoms with Crippen molar-refractivity contribution in [1.82, 2.24) is 0 Å². The van der Waals surface area contributed by atoms with Gasteiger partial charge in [-0.05, 0) is 17.5 Å². The molecule has 0 aromatic heterocycles. The maximum absolute atomic E-state index is 4.99. The highest BCUT2D eigenvalue weighted by Gasteiger charge is 1.95. The van der Waals surface area contributed by atoms with Gasteiger partial charge in [0.2, 0.25) is 0 Å². The zero-order valence-electron chi connectivity index (χ0n) is 7.82. The standard InChI is InChI=1S/C10H15NO2/c1-12-6-5-9-3-2-4-10(7-9)8-13-11/h2-4,7H,5-6,8,11H2,1H3. The molecular weight excluding hydrogens is 166 g/mol. The summed E-state index contributed by atoms with van der Waals surface area (Å²) in [4.78, 5) is 4.56. The van der Waals surface area contributed by atoms with E-state index in [0.29, 0.717) is 6.61 Å². The first-order valence-corrected chi connectivity index (χ1v) is 4.25. The van der Waals surface area contributed by atoms with Crippen molar-refractivity contribution in [2.45, 2.75) is 13.0 Å². The molecule has 0 amide bonds. The van der Waals surface area contributed by atoms with Gasteiger partial charge in [0.1, 0.15) is 0 Å². The van der Waals surface area contributed by atoms with Crippen LogP contribution in [0.1, 0.15) is 11.1 Å². The number of ether oxygens (including phenoxy) is 1. The molecule has 0 fully saturated rings. The lowest BCUT2D eigenvalue weighted by molar-refractivity contribution is 0.124. The summed E-state index contributed by atoms with van der Waals surface area (Å²) in [6.07, 6.45) is 0.926. The summed E-state index contributed by atoms with van der Waals surface area (Å²) in [7, 11) is 1.70. The van der Waals surface area contributed by atoms with Crippen LogP contribution in [-0.2, 0) is 22.6 Å². The number of benzene rings is 1. The first kappa shape index (κ1) is 10.2. The van der Waals surface area contributed by atoms with E-state index < -0.39 is 0 Å². The third kappa shape index (κ3) is 3.55. The Bertz CT molecular complexity index is 250. The predicted octanol–water partition coefficient (Wildman–Crippen LogP) is 1.27. The zero-order chi connectivity index (χ0) is 9.52. The molecule has 3 heteroatoms. The minimum absolute atomic E-state index is 0.459. The second kappa shape index (κ2) is 5.70. The minimum atomic E-state index is 0.459. The van der Waals surface area contributed by atoms with Gasteiger partial charge in [0.15, 0.2) is 0 Å². The Labute approximate surface area is 78.4 Å². The number of nitrogens with two attached hydrogens (primary N) is 1. The highest BCUT2D eigenvalue weighted by Crippen LogP contribution is 2.06. The maximum atomic E-state index is 4.99. The molecule has 0 aliphatic carbocycles. The maximum Gasteiger partial charge on any atom is 0.0930 e. The normalized spacial score (nSPS) is 10.3. The van der Waals surface area contributed by atoms with Crippen LogP contribution < -0.4 is 5.90 Å². The van der Waals surface area contributed by atoms with Crippen molar-refractivity contribution >= 4 is 0 Å². The molecule has 0 aliphatic rings. The van der Waals surface area contributed by atoms with Gasteiger partial charge in [-0.2, -0.15) is 0 Å². The van der Waals surface area contributed by atoms with E-state index >= 15 is 0 Å². The van der Waals surface area contributed by atoms with Crippen molar-refractivity contribution in [3.63, 3.8) is 0 Å². The van der Waals surface area contributed by atoms with E-state index in [1.807, 2.05) is 12.1 Å². The van der Waals surface area contributed by atoms with E-state index in [0.717, 1.165) is 18.6 Å². The van der Waals surface area contributed by atoms with E-state index in [1.165, 1.54) is 5.56 Å². The third-order valence-electron chi connectivity index (χ3n) is 1.84. The van der Waals surface area contributed by atoms with Crippen LogP contribution in [-0.4, -0.2) is 13.7 Å². The van der Waals surface area contributed by atoms with Crippen LogP contribution in [0.5, 0.6) is 0 Å². The summed E-state index contributed by atoms with van der Waals surface area (Å²) < 4.78 is 4.99. The molecule has 0 atom stereocenters. The Morgan fingerprint density at radius 3 is 2.77 bits per heavy atom. The second-order valence-corrected chi connectivity index (χ2v) is 2.87. The van der Waals surface area contributed by atoms with Crippen LogP contribution in [0.4, 0.5) is 0 Å². The predicted molar refractivity (Wildman–Crippen MR) is 51.0 cm³/mol. The molecule has 3 nitrogen and oxygen atoms in total. The highest BCUT2D eigenvalue weighted by molar-refractivity contribution is 5.23. The molecule has 1 aromatic carbocycles. The van der Waals surface area contributed by atoms with Crippen molar-refractivity contribution in [3.8, 4) is 0 Å². The highest BCUT2D eigenvalue weighted by atomic mass is 16.6. The van der Waals surface area contributed by atoms with Crippen LogP contribution >= 0.6 is 0 Å². The fourth-order valence-electron chi connectivity index (χ4n) is 1.19. The lowest BCUT2D eigenvalue weighted by atomic mass is 10.1. The van der Waals surface area contributed by atoms with Crippen molar-refractivity contribution in [3.05, 3.63) is 35.4 Å². The number of hydrogen-bond donors (Lipinski definition) is 1. The molecule has 0 heterocycles. The molecule has 2 N–H and O–H groups in total. The summed E-state index contributed by atoms with van der Waals surface area (Å²) in [6, 6.07) is 8.13. The summed E-state index contributed by atoms with van der Waals surface area (Å²) in [5.74, 6) is 4.99. The average Bonchev–Trinajstić information content (AvgIpc) is 2.16. The van der Waals surface area contributed by atoms with Crippen LogP contribution in [0.3, 0.4) is 0 Å². The van der Waals surface area contributed by atoms with Crippen molar-refractivity contribution in [2.24, 2.45) is 5.90 Å². The molecule has 0 bridgehead atoms. The Balaban J connectivity index is 2.56. The fraction of sp³-hybridized carbons (Fsp3) is 0.400. The largest absolute Gasteiger partial charge is 0.384 e. The van der Waals surface area contributed by atoms with Crippen molar-refractivity contribution < 1.29 is 9.57 Å². The Hall–Kier alpha value is -0.900. The number of rotatable bonds is 5. The van der Waals surface area contributed by atoms with Crippen LogP contribution in [0.15, 0.2) is 24.3 Å². The van der Waals surface area contributed by atoms with Crippen molar-refractivity contribution in [2.75, 3.05) is 13.7 Å². The van der Waals surface area contributed by atoms with Gasteiger partial charge in [-0.1, -0.05) is 24.3 Å². The van der Waals surface area contributed by atoms with E-state index in [2.05, 4.69) is 17.0 Å². The Kier molecular flexibility index (Phi) is 4.46. The van der Waals surface area contributed by atoms with Crippen LogP contribution in [0.2, 0.25) is 0 Å². The van der Waals surface area contributed by atoms with E-state index in [1.54, 1.807) is 7.11 Å². The van der Waals surface area contributed by atoms with E-state index in [9.17, 15) is 0 Å². The summed E-state index contributed by atoms with van der Waals surface area (Å²) in [5, 5.41) is 0. The molecule has 1 aromatic rings. The van der Waals surface area contributed by atoms with Crippen molar-refractivity contribution in [1.29, 1.82) is 0 Å². The quantitative estimate of drug-likeness (QED) is 0.696. The average molecular weight is 181 g/mol. The molecule has 0 saturated heterocycles. The van der Waals surface area contributed by atoms with Gasteiger partial charge in [0, 0.05) is 7.11 Å². The Morgan fingerprint density at radius 1 is 1.31 bits per heavy atom. The van der Waals surface area contributed by atoms with Gasteiger partial charge in [-0.15, -0.1) is 0 Å². The molecule has 0 spiro atoms. The first-order chi connectivity index (χ1) is 6.36. The number of hydrogen-bond acceptors (Lipinski definition) is 3. The first-order valence-electron chi connectivity index (χ1n) is 4.25. The van der Waals surface area contributed by atoms with Gasteiger partial charge in [-0.3, -0.25) is 4.84 Å². The van der Waals surface area contributed by atoms with Gasteiger partial charge in [0.25, 0.3) is 0 Å². The monoisotopic (exact) mass is 181 g/mol. The van der Waals surface area contributed by atoms with Gasteiger partial charge in [0.05, 0.1) is 13.2 Å².